The fourth-order valence-electron chi connectivity index (χ4n) is 0. The smallest absolute Gasteiger partial charge is 1.00 e. The summed E-state index contributed by atoms with van der Waals surface area (Å²) < 4.78 is 0. The van der Waals surface area contributed by atoms with E-state index in [1.165, 1.54) is 0 Å². The molecule has 0 bridgehead atoms. The minimum absolute atomic E-state index is 0. The van der Waals surface area contributed by atoms with E-state index in [4.69, 9.17) is 0 Å². The molecule has 16 valence electrons. The van der Waals surface area contributed by atoms with Crippen LogP contribution in [0.25, 0.3) is 0 Å². The summed E-state index contributed by atoms with van der Waals surface area (Å²) in [5, 5.41) is 0. The van der Waals surface area contributed by atoms with Crippen molar-refractivity contribution in [1.82, 2.24) is 0 Å². The average Bonchev–Trinajstić information content (AvgIpc) is 0. The van der Waals surface area contributed by atoms with Crippen LogP contribution in [0.3, 0.4) is 0 Å². The van der Waals surface area contributed by atoms with Gasteiger partial charge in [0.15, 0.2) is 0 Å². The van der Waals surface area contributed by atoms with Crippen molar-refractivity contribution in [2.45, 2.75) is 0 Å². The third-order valence-electron chi connectivity index (χ3n) is 0. The van der Waals surface area contributed by atoms with E-state index in [1.54, 1.807) is 0 Å². The van der Waals surface area contributed by atoms with E-state index in [-0.39, 0.29) is 116 Å². The van der Waals surface area contributed by atoms with Crippen molar-refractivity contribution in [3.05, 3.63) is 0 Å². The van der Waals surface area contributed by atoms with Gasteiger partial charge in [-0.15, -0.1) is 0 Å². The van der Waals surface area contributed by atoms with Crippen molar-refractivity contribution in [3.63, 3.8) is 0 Å². The Balaban J connectivity index is 0. The van der Waals surface area contributed by atoms with Gasteiger partial charge in [0, 0.05) is 0 Å². The maximum absolute atomic E-state index is 0. The Hall–Kier alpha value is 3.70. The van der Waals surface area contributed by atoms with E-state index in [2.05, 4.69) is 0 Å². The van der Waals surface area contributed by atoms with Gasteiger partial charge in [0.25, 0.3) is 0 Å². The maximum atomic E-state index is 0. The summed E-state index contributed by atoms with van der Waals surface area (Å²) in [5.74, 6) is 0. The van der Waals surface area contributed by atoms with E-state index in [0.29, 0.717) is 0 Å². The zero-order chi connectivity index (χ0) is 0. The van der Waals surface area contributed by atoms with Gasteiger partial charge in [-0.2, -0.15) is 13.5 Å². The van der Waals surface area contributed by atoms with Crippen LogP contribution < -0.4 is 88.7 Å². The standard InChI is InChI=1S/3Na.H2S.S/h;;;1H2;/q3*+1;;-2. The molecule has 0 saturated heterocycles. The van der Waals surface area contributed by atoms with Gasteiger partial charge in [-0.1, -0.05) is 0 Å². The zero-order valence-electron chi connectivity index (χ0n) is 3.91. The van der Waals surface area contributed by atoms with Crippen LogP contribution in [0.5, 0.6) is 0 Å². The SMILES string of the molecule is S.[Na+].[Na+].[Na+].[S-2]. The van der Waals surface area contributed by atoms with Crippen LogP contribution in [-0.2, 0) is 13.5 Å². The molecule has 0 heterocycles. The Morgan fingerprint density at radius 1 is 0.600 bits per heavy atom. The molecule has 0 aliphatic heterocycles. The van der Waals surface area contributed by atoms with Crippen molar-refractivity contribution in [3.8, 4) is 0 Å². The van der Waals surface area contributed by atoms with Crippen LogP contribution in [0.15, 0.2) is 0 Å². The topological polar surface area (TPSA) is 0 Å². The van der Waals surface area contributed by atoms with E-state index >= 15 is 0 Å². The second-order valence-corrected chi connectivity index (χ2v) is 0. The van der Waals surface area contributed by atoms with Crippen LogP contribution in [0.1, 0.15) is 0 Å². The first-order chi connectivity index (χ1) is 0. The summed E-state index contributed by atoms with van der Waals surface area (Å²) in [5.41, 5.74) is 0. The van der Waals surface area contributed by atoms with Crippen LogP contribution in [0, 0.1) is 0 Å². The van der Waals surface area contributed by atoms with Gasteiger partial charge in [-0.3, -0.25) is 0 Å². The average molecular weight is 135 g/mol. The monoisotopic (exact) mass is 135 g/mol. The zero-order valence-corrected chi connectivity index (χ0v) is 11.7. The Kier molecular flexibility index (Phi) is 190. The predicted molar refractivity (Wildman–Crippen MR) is 17.7 cm³/mol. The summed E-state index contributed by atoms with van der Waals surface area (Å²) in [6, 6.07) is 0. The minimum Gasteiger partial charge on any atom is -2.00 e. The quantitative estimate of drug-likeness (QED) is 0.289. The van der Waals surface area contributed by atoms with Gasteiger partial charge in [0.2, 0.25) is 0 Å². The molecule has 0 fully saturated rings. The van der Waals surface area contributed by atoms with Gasteiger partial charge in [-0.25, -0.2) is 0 Å². The predicted octanol–water partition coefficient (Wildman–Crippen LogP) is -8.88. The molecule has 0 spiro atoms. The van der Waals surface area contributed by atoms with E-state index in [0.717, 1.165) is 0 Å². The molecule has 0 aliphatic carbocycles. The first kappa shape index (κ1) is 37.7. The van der Waals surface area contributed by atoms with Gasteiger partial charge in [0.1, 0.15) is 0 Å². The normalized spacial score (nSPS) is 0. The molecule has 0 aromatic carbocycles. The molecule has 5 heavy (non-hydrogen) atoms. The molecule has 0 saturated carbocycles. The number of hydrogen-bond donors (Lipinski definition) is 0. The molecule has 0 unspecified atom stereocenters. The van der Waals surface area contributed by atoms with Crippen LogP contribution in [-0.4, -0.2) is 0 Å². The molecule has 0 nitrogen and oxygen atoms in total. The second kappa shape index (κ2) is 25.2. The fourth-order valence-corrected chi connectivity index (χ4v) is 0. The summed E-state index contributed by atoms with van der Waals surface area (Å²) in [6.45, 7) is 0. The van der Waals surface area contributed by atoms with Crippen LogP contribution >= 0.6 is 13.5 Å². The summed E-state index contributed by atoms with van der Waals surface area (Å²) in [7, 11) is 0. The first-order valence-electron chi connectivity index (χ1n) is 0. The Morgan fingerprint density at radius 2 is 0.600 bits per heavy atom. The molecule has 0 aromatic heterocycles. The van der Waals surface area contributed by atoms with Crippen molar-refractivity contribution < 1.29 is 88.7 Å². The van der Waals surface area contributed by atoms with Crippen molar-refractivity contribution in [2.24, 2.45) is 0 Å². The molecule has 0 amide bonds. The molecule has 0 aromatic rings. The summed E-state index contributed by atoms with van der Waals surface area (Å²) in [4.78, 5) is 0. The van der Waals surface area contributed by atoms with Crippen LogP contribution in [0.2, 0.25) is 0 Å². The van der Waals surface area contributed by atoms with E-state index in [1.807, 2.05) is 0 Å². The maximum Gasteiger partial charge on any atom is 1.00 e. The van der Waals surface area contributed by atoms with Gasteiger partial charge >= 0.3 is 88.7 Å². The van der Waals surface area contributed by atoms with E-state index in [9.17, 15) is 0 Å². The van der Waals surface area contributed by atoms with Gasteiger partial charge < -0.3 is 13.5 Å². The minimum atomic E-state index is 0. The van der Waals surface area contributed by atoms with Crippen molar-refractivity contribution >= 4 is 27.0 Å². The largest absolute Gasteiger partial charge is 2.00 e. The van der Waals surface area contributed by atoms with Crippen LogP contribution in [0.4, 0.5) is 0 Å². The molecule has 0 atom stereocenters. The van der Waals surface area contributed by atoms with Gasteiger partial charge in [0.05, 0.1) is 0 Å². The molecule has 0 N–H and O–H groups in total. The second-order valence-electron chi connectivity index (χ2n) is 0. The molecule has 0 radical (unpaired) electrons. The van der Waals surface area contributed by atoms with Gasteiger partial charge in [-0.05, 0) is 0 Å². The molecule has 0 rings (SSSR count). The van der Waals surface area contributed by atoms with E-state index < -0.39 is 0 Å². The molecular weight excluding hydrogens is 133 g/mol. The molecular formula is H2Na3S2+. The Bertz CT molecular complexity index is 4.85. The Labute approximate surface area is 113 Å². The third kappa shape index (κ3) is 18.3. The van der Waals surface area contributed by atoms with Crippen molar-refractivity contribution in [1.29, 1.82) is 0 Å². The number of rotatable bonds is 0. The van der Waals surface area contributed by atoms with Crippen molar-refractivity contribution in [2.75, 3.05) is 0 Å². The summed E-state index contributed by atoms with van der Waals surface area (Å²) in [6.07, 6.45) is 0. The number of hydrogen-bond acceptors (Lipinski definition) is 0. The molecule has 5 heteroatoms. The summed E-state index contributed by atoms with van der Waals surface area (Å²) >= 11 is 0. The molecule has 0 aliphatic rings. The first-order valence-corrected chi connectivity index (χ1v) is 0. The third-order valence-corrected chi connectivity index (χ3v) is 0. The Morgan fingerprint density at radius 3 is 0.600 bits per heavy atom. The fraction of sp³-hybridized carbons (Fsp3) is 0.